The average molecular weight is 487 g/mol. The Kier molecular flexibility index (Phi) is 8.59. The molecule has 2 N–H and O–H groups in total. The van der Waals surface area contributed by atoms with Crippen molar-refractivity contribution in [2.24, 2.45) is 0 Å². The summed E-state index contributed by atoms with van der Waals surface area (Å²) in [4.78, 5) is 7.99. The second-order valence-electron chi connectivity index (χ2n) is 9.46. The lowest BCUT2D eigenvalue weighted by Gasteiger charge is -2.20. The molecule has 0 aliphatic heterocycles. The largest absolute Gasteiger partial charge is 0.494 e. The molecule has 0 radical (unpaired) electrons. The highest BCUT2D eigenvalue weighted by molar-refractivity contribution is 5.63. The molecule has 3 rings (SSSR count). The summed E-state index contributed by atoms with van der Waals surface area (Å²) in [5.74, 6) is 0.479. The molecule has 5 nitrogen and oxygen atoms in total. The highest BCUT2D eigenvalue weighted by Crippen LogP contribution is 2.35. The molecule has 0 amide bonds. The Balaban J connectivity index is 1.72. The first-order valence-corrected chi connectivity index (χ1v) is 11.9. The fourth-order valence-corrected chi connectivity index (χ4v) is 3.42. The van der Waals surface area contributed by atoms with E-state index in [0.29, 0.717) is 18.0 Å². The van der Waals surface area contributed by atoms with Gasteiger partial charge in [-0.25, -0.2) is 4.98 Å². The third-order valence-electron chi connectivity index (χ3n) is 5.48. The number of nitrogens with one attached hydrogen (secondary N) is 2. The molecular formula is C27H33F3N4O. The van der Waals surface area contributed by atoms with Crippen LogP contribution < -0.4 is 15.4 Å². The third-order valence-corrected chi connectivity index (χ3v) is 5.48. The Labute approximate surface area is 205 Å². The minimum Gasteiger partial charge on any atom is -0.494 e. The maximum absolute atomic E-state index is 13.6. The quantitative estimate of drug-likeness (QED) is 0.283. The highest BCUT2D eigenvalue weighted by Gasteiger charge is 2.35. The van der Waals surface area contributed by atoms with Gasteiger partial charge in [-0.1, -0.05) is 59.1 Å². The SMILES string of the molecule is CCCCCCOc1ccc(Nc2ncc(C(F)(F)F)c(Nc3ccc(C(C)(C)C)cc3)n2)cc1. The zero-order valence-corrected chi connectivity index (χ0v) is 20.7. The lowest BCUT2D eigenvalue weighted by atomic mass is 9.87. The molecule has 0 fully saturated rings. The summed E-state index contributed by atoms with van der Waals surface area (Å²) >= 11 is 0. The van der Waals surface area contributed by atoms with Crippen molar-refractivity contribution in [3.05, 3.63) is 65.9 Å². The summed E-state index contributed by atoms with van der Waals surface area (Å²) in [5, 5.41) is 5.76. The molecule has 0 saturated carbocycles. The predicted molar refractivity (Wildman–Crippen MR) is 135 cm³/mol. The van der Waals surface area contributed by atoms with E-state index in [1.165, 1.54) is 12.8 Å². The number of unbranched alkanes of at least 4 members (excludes halogenated alkanes) is 3. The van der Waals surface area contributed by atoms with Gasteiger partial charge in [-0.2, -0.15) is 18.2 Å². The van der Waals surface area contributed by atoms with Gasteiger partial charge in [0.1, 0.15) is 17.1 Å². The first-order valence-electron chi connectivity index (χ1n) is 11.9. The molecule has 0 saturated heterocycles. The Morgan fingerprint density at radius 1 is 0.829 bits per heavy atom. The Hall–Kier alpha value is -3.29. The number of anilines is 4. The molecule has 0 aliphatic rings. The summed E-state index contributed by atoms with van der Waals surface area (Å²) in [6.45, 7) is 9.04. The number of aromatic nitrogens is 2. The minimum atomic E-state index is -4.59. The van der Waals surface area contributed by atoms with Crippen molar-refractivity contribution in [3.8, 4) is 5.75 Å². The van der Waals surface area contributed by atoms with Gasteiger partial charge < -0.3 is 15.4 Å². The van der Waals surface area contributed by atoms with Crippen molar-refractivity contribution < 1.29 is 17.9 Å². The van der Waals surface area contributed by atoms with Crippen LogP contribution in [0, 0.1) is 0 Å². The molecule has 0 unspecified atom stereocenters. The molecule has 3 aromatic rings. The second kappa shape index (κ2) is 11.4. The lowest BCUT2D eigenvalue weighted by Crippen LogP contribution is -2.13. The number of halogens is 3. The Bertz CT molecular complexity index is 1080. The average Bonchev–Trinajstić information content (AvgIpc) is 2.79. The molecule has 35 heavy (non-hydrogen) atoms. The molecule has 1 heterocycles. The smallest absolute Gasteiger partial charge is 0.421 e. The van der Waals surface area contributed by atoms with Gasteiger partial charge in [0, 0.05) is 17.6 Å². The van der Waals surface area contributed by atoms with Gasteiger partial charge >= 0.3 is 6.18 Å². The maximum atomic E-state index is 13.6. The van der Waals surface area contributed by atoms with E-state index >= 15 is 0 Å². The molecule has 8 heteroatoms. The van der Waals surface area contributed by atoms with E-state index in [9.17, 15) is 13.2 Å². The van der Waals surface area contributed by atoms with Crippen molar-refractivity contribution in [1.29, 1.82) is 0 Å². The van der Waals surface area contributed by atoms with Crippen LogP contribution in [0.3, 0.4) is 0 Å². The number of rotatable bonds is 10. The van der Waals surface area contributed by atoms with Crippen molar-refractivity contribution in [1.82, 2.24) is 9.97 Å². The van der Waals surface area contributed by atoms with Crippen LogP contribution in [0.25, 0.3) is 0 Å². The monoisotopic (exact) mass is 486 g/mol. The molecule has 1 aromatic heterocycles. The molecule has 0 bridgehead atoms. The van der Waals surface area contributed by atoms with Gasteiger partial charge in [0.05, 0.1) is 6.61 Å². The van der Waals surface area contributed by atoms with Gasteiger partial charge in [-0.3, -0.25) is 0 Å². The molecular weight excluding hydrogens is 453 g/mol. The van der Waals surface area contributed by atoms with Crippen LogP contribution in [0.1, 0.15) is 64.5 Å². The van der Waals surface area contributed by atoms with Crippen LogP contribution in [0.5, 0.6) is 5.75 Å². The molecule has 0 atom stereocenters. The van der Waals surface area contributed by atoms with E-state index in [-0.39, 0.29) is 17.2 Å². The Morgan fingerprint density at radius 3 is 2.06 bits per heavy atom. The summed E-state index contributed by atoms with van der Waals surface area (Å²) in [6.07, 6.45) is 0.698. The van der Waals surface area contributed by atoms with Crippen LogP contribution in [-0.4, -0.2) is 16.6 Å². The van der Waals surface area contributed by atoms with E-state index in [4.69, 9.17) is 4.74 Å². The predicted octanol–water partition coefficient (Wildman–Crippen LogP) is 8.24. The number of alkyl halides is 3. The normalized spacial score (nSPS) is 11.9. The first-order chi connectivity index (χ1) is 16.6. The van der Waals surface area contributed by atoms with Crippen LogP contribution in [-0.2, 0) is 11.6 Å². The topological polar surface area (TPSA) is 59.1 Å². The van der Waals surface area contributed by atoms with Crippen molar-refractivity contribution in [2.45, 2.75) is 65.0 Å². The van der Waals surface area contributed by atoms with E-state index in [0.717, 1.165) is 30.4 Å². The number of hydrogen-bond donors (Lipinski definition) is 2. The number of nitrogens with zero attached hydrogens (tertiary/aromatic N) is 2. The van der Waals surface area contributed by atoms with E-state index in [2.05, 4.69) is 48.3 Å². The van der Waals surface area contributed by atoms with Gasteiger partial charge in [0.25, 0.3) is 0 Å². The first kappa shape index (κ1) is 26.3. The standard InChI is InChI=1S/C27H33F3N4O/c1-5-6-7-8-17-35-22-15-13-21(14-16-22)33-25-31-18-23(27(28,29)30)24(34-25)32-20-11-9-19(10-12-20)26(2,3)4/h9-16,18H,5-8,17H2,1-4H3,(H2,31,32,33,34). The summed E-state index contributed by atoms with van der Waals surface area (Å²) < 4.78 is 46.5. The Morgan fingerprint density at radius 2 is 1.46 bits per heavy atom. The van der Waals surface area contributed by atoms with Crippen LogP contribution >= 0.6 is 0 Å². The molecule has 2 aromatic carbocycles. The zero-order valence-electron chi connectivity index (χ0n) is 20.7. The summed E-state index contributed by atoms with van der Waals surface area (Å²) in [6, 6.07) is 14.5. The van der Waals surface area contributed by atoms with E-state index in [1.807, 2.05) is 24.3 Å². The zero-order chi connectivity index (χ0) is 25.5. The fraction of sp³-hybridized carbons (Fsp3) is 0.407. The minimum absolute atomic E-state index is 0.0556. The lowest BCUT2D eigenvalue weighted by molar-refractivity contribution is -0.137. The van der Waals surface area contributed by atoms with E-state index in [1.54, 1.807) is 24.3 Å². The number of ether oxygens (including phenoxy) is 1. The van der Waals surface area contributed by atoms with Gasteiger partial charge in [-0.15, -0.1) is 0 Å². The highest BCUT2D eigenvalue weighted by atomic mass is 19.4. The van der Waals surface area contributed by atoms with Gasteiger partial charge in [-0.05, 0) is 53.8 Å². The molecule has 0 spiro atoms. The van der Waals surface area contributed by atoms with Crippen LogP contribution in [0.4, 0.5) is 36.3 Å². The van der Waals surface area contributed by atoms with E-state index < -0.39 is 11.7 Å². The van der Waals surface area contributed by atoms with Crippen LogP contribution in [0.15, 0.2) is 54.7 Å². The fourth-order valence-electron chi connectivity index (χ4n) is 3.42. The van der Waals surface area contributed by atoms with Crippen molar-refractivity contribution >= 4 is 23.1 Å². The molecule has 188 valence electrons. The second-order valence-corrected chi connectivity index (χ2v) is 9.46. The summed E-state index contributed by atoms with van der Waals surface area (Å²) in [5.41, 5.74) is 1.24. The number of benzene rings is 2. The molecule has 0 aliphatic carbocycles. The van der Waals surface area contributed by atoms with Crippen molar-refractivity contribution in [3.63, 3.8) is 0 Å². The van der Waals surface area contributed by atoms with Gasteiger partial charge in [0.2, 0.25) is 5.95 Å². The summed E-state index contributed by atoms with van der Waals surface area (Å²) in [7, 11) is 0. The van der Waals surface area contributed by atoms with Crippen molar-refractivity contribution in [2.75, 3.05) is 17.2 Å². The third kappa shape index (κ3) is 7.87. The maximum Gasteiger partial charge on any atom is 0.421 e. The number of hydrogen-bond acceptors (Lipinski definition) is 5. The van der Waals surface area contributed by atoms with Crippen LogP contribution in [0.2, 0.25) is 0 Å². The van der Waals surface area contributed by atoms with Gasteiger partial charge in [0.15, 0.2) is 0 Å².